The number of benzene rings is 2. The molecule has 1 aliphatic carbocycles. The second-order valence-electron chi connectivity index (χ2n) is 7.07. The summed E-state index contributed by atoms with van der Waals surface area (Å²) in [6.07, 6.45) is 2.15. The van der Waals surface area contributed by atoms with Crippen molar-refractivity contribution in [3.05, 3.63) is 65.5 Å². The molecule has 2 aromatic carbocycles. The first-order chi connectivity index (χ1) is 12.5. The van der Waals surface area contributed by atoms with E-state index in [1.807, 2.05) is 49.3 Å². The predicted molar refractivity (Wildman–Crippen MR) is 102 cm³/mol. The number of carbonyl (C=O) groups excluding carboxylic acids is 1. The maximum Gasteiger partial charge on any atom is 0.234 e. The van der Waals surface area contributed by atoms with E-state index >= 15 is 0 Å². The fourth-order valence-corrected chi connectivity index (χ4v) is 2.95. The Morgan fingerprint density at radius 2 is 1.81 bits per heavy atom. The van der Waals surface area contributed by atoms with Gasteiger partial charge in [-0.05, 0) is 36.6 Å². The molecule has 0 atom stereocenters. The Bertz CT molecular complexity index is 741. The fraction of sp³-hybridized carbons (Fsp3) is 0.381. The second kappa shape index (κ2) is 8.32. The number of nitrogens with one attached hydrogen (secondary N) is 1. The average Bonchev–Trinajstić information content (AvgIpc) is 3.46. The highest BCUT2D eigenvalue weighted by Crippen LogP contribution is 2.28. The smallest absolute Gasteiger partial charge is 0.234 e. The summed E-state index contributed by atoms with van der Waals surface area (Å²) in [6, 6.07) is 15.3. The number of amides is 1. The zero-order chi connectivity index (χ0) is 18.5. The van der Waals surface area contributed by atoms with E-state index in [1.54, 1.807) is 12.1 Å². The molecular formula is C21H26FN3O. The molecule has 0 unspecified atom stereocenters. The van der Waals surface area contributed by atoms with Crippen LogP contribution in [0.3, 0.4) is 0 Å². The molecule has 2 aromatic rings. The summed E-state index contributed by atoms with van der Waals surface area (Å²) in [4.78, 5) is 16.5. The molecule has 0 radical (unpaired) electrons. The summed E-state index contributed by atoms with van der Waals surface area (Å²) in [5, 5.41) is 2.97. The first kappa shape index (κ1) is 18.4. The van der Waals surface area contributed by atoms with Gasteiger partial charge in [-0.25, -0.2) is 4.39 Å². The highest BCUT2D eigenvalue weighted by atomic mass is 19.1. The molecule has 0 aliphatic heterocycles. The van der Waals surface area contributed by atoms with Crippen molar-refractivity contribution in [1.29, 1.82) is 0 Å². The topological polar surface area (TPSA) is 35.6 Å². The van der Waals surface area contributed by atoms with E-state index in [-0.39, 0.29) is 11.7 Å². The SMILES string of the molecule is CN(C)c1ccc(CNC(=O)CN(Cc2ccccc2F)C2CC2)cc1. The number of rotatable bonds is 8. The van der Waals surface area contributed by atoms with Gasteiger partial charge >= 0.3 is 0 Å². The molecule has 26 heavy (non-hydrogen) atoms. The average molecular weight is 355 g/mol. The van der Waals surface area contributed by atoms with Crippen LogP contribution >= 0.6 is 0 Å². The molecule has 1 N–H and O–H groups in total. The first-order valence-corrected chi connectivity index (χ1v) is 9.03. The maximum atomic E-state index is 13.9. The minimum absolute atomic E-state index is 0.0232. The van der Waals surface area contributed by atoms with Gasteiger partial charge in [0.25, 0.3) is 0 Å². The first-order valence-electron chi connectivity index (χ1n) is 9.03. The zero-order valence-corrected chi connectivity index (χ0v) is 15.4. The Hall–Kier alpha value is -2.40. The van der Waals surface area contributed by atoms with Gasteiger partial charge in [-0.2, -0.15) is 0 Å². The van der Waals surface area contributed by atoms with Crippen molar-refractivity contribution in [3.8, 4) is 0 Å². The normalized spacial score (nSPS) is 13.7. The quantitative estimate of drug-likeness (QED) is 0.790. The third-order valence-corrected chi connectivity index (χ3v) is 4.68. The predicted octanol–water partition coefficient (Wildman–Crippen LogP) is 3.17. The number of halogens is 1. The lowest BCUT2D eigenvalue weighted by atomic mass is 10.2. The van der Waals surface area contributed by atoms with E-state index in [0.717, 1.165) is 24.1 Å². The Labute approximate surface area is 154 Å². The molecule has 1 saturated carbocycles. The number of anilines is 1. The molecule has 138 valence electrons. The molecular weight excluding hydrogens is 329 g/mol. The molecule has 0 aromatic heterocycles. The Morgan fingerprint density at radius 3 is 2.42 bits per heavy atom. The van der Waals surface area contributed by atoms with E-state index in [4.69, 9.17) is 0 Å². The zero-order valence-electron chi connectivity index (χ0n) is 15.4. The van der Waals surface area contributed by atoms with Crippen molar-refractivity contribution in [2.75, 3.05) is 25.5 Å². The third-order valence-electron chi connectivity index (χ3n) is 4.68. The Balaban J connectivity index is 1.53. The molecule has 0 saturated heterocycles. The third kappa shape index (κ3) is 5.05. The molecule has 0 bridgehead atoms. The van der Waals surface area contributed by atoms with Gasteiger partial charge in [0, 0.05) is 44.5 Å². The summed E-state index contributed by atoms with van der Waals surface area (Å²) in [5.74, 6) is -0.232. The van der Waals surface area contributed by atoms with Crippen molar-refractivity contribution in [3.63, 3.8) is 0 Å². The van der Waals surface area contributed by atoms with Gasteiger partial charge in [0.15, 0.2) is 0 Å². The summed E-state index contributed by atoms with van der Waals surface area (Å²) in [7, 11) is 4.00. The van der Waals surface area contributed by atoms with Crippen LogP contribution in [-0.4, -0.2) is 37.5 Å². The highest BCUT2D eigenvalue weighted by Gasteiger charge is 2.30. The van der Waals surface area contributed by atoms with Crippen LogP contribution in [0.5, 0.6) is 0 Å². The van der Waals surface area contributed by atoms with Gasteiger partial charge in [0.1, 0.15) is 5.82 Å². The number of nitrogens with zero attached hydrogens (tertiary/aromatic N) is 2. The molecule has 4 nitrogen and oxygen atoms in total. The largest absolute Gasteiger partial charge is 0.378 e. The van der Waals surface area contributed by atoms with Gasteiger partial charge in [0.05, 0.1) is 6.54 Å². The van der Waals surface area contributed by atoms with Gasteiger partial charge in [-0.3, -0.25) is 9.69 Å². The monoisotopic (exact) mass is 355 g/mol. The number of carbonyl (C=O) groups is 1. The van der Waals surface area contributed by atoms with Crippen molar-refractivity contribution >= 4 is 11.6 Å². The van der Waals surface area contributed by atoms with E-state index in [9.17, 15) is 9.18 Å². The summed E-state index contributed by atoms with van der Waals surface area (Å²) in [5.41, 5.74) is 2.84. The Kier molecular flexibility index (Phi) is 5.89. The fourth-order valence-electron chi connectivity index (χ4n) is 2.95. The minimum atomic E-state index is -0.209. The maximum absolute atomic E-state index is 13.9. The minimum Gasteiger partial charge on any atom is -0.378 e. The van der Waals surface area contributed by atoms with Crippen molar-refractivity contribution in [2.45, 2.75) is 32.0 Å². The summed E-state index contributed by atoms with van der Waals surface area (Å²) >= 11 is 0. The molecule has 5 heteroatoms. The van der Waals surface area contributed by atoms with Crippen molar-refractivity contribution < 1.29 is 9.18 Å². The molecule has 3 rings (SSSR count). The highest BCUT2D eigenvalue weighted by molar-refractivity contribution is 5.78. The van der Waals surface area contributed by atoms with Crippen LogP contribution < -0.4 is 10.2 Å². The number of hydrogen-bond acceptors (Lipinski definition) is 3. The van der Waals surface area contributed by atoms with Crippen molar-refractivity contribution in [1.82, 2.24) is 10.2 Å². The van der Waals surface area contributed by atoms with Gasteiger partial charge in [-0.15, -0.1) is 0 Å². The van der Waals surface area contributed by atoms with Crippen LogP contribution in [0, 0.1) is 5.82 Å². The van der Waals surface area contributed by atoms with Gasteiger partial charge < -0.3 is 10.2 Å². The molecule has 1 fully saturated rings. The van der Waals surface area contributed by atoms with Crippen LogP contribution in [0.1, 0.15) is 24.0 Å². The lowest BCUT2D eigenvalue weighted by Gasteiger charge is -2.22. The lowest BCUT2D eigenvalue weighted by Crippen LogP contribution is -2.38. The second-order valence-corrected chi connectivity index (χ2v) is 7.07. The van der Waals surface area contributed by atoms with Crippen molar-refractivity contribution in [2.24, 2.45) is 0 Å². The van der Waals surface area contributed by atoms with Crippen LogP contribution in [-0.2, 0) is 17.9 Å². The Morgan fingerprint density at radius 1 is 1.12 bits per heavy atom. The van der Waals surface area contributed by atoms with Gasteiger partial charge in [0.2, 0.25) is 5.91 Å². The van der Waals surface area contributed by atoms with Crippen LogP contribution in [0.4, 0.5) is 10.1 Å². The molecule has 1 amide bonds. The van der Waals surface area contributed by atoms with E-state index in [1.165, 1.54) is 6.07 Å². The summed E-state index contributed by atoms with van der Waals surface area (Å²) in [6.45, 7) is 1.28. The standard InChI is InChI=1S/C21H26FN3O/c1-24(2)18-9-7-16(8-10-18)13-23-21(26)15-25(19-11-12-19)14-17-5-3-4-6-20(17)22/h3-10,19H,11-15H2,1-2H3,(H,23,26). The van der Waals surface area contributed by atoms with Crippen LogP contribution in [0.25, 0.3) is 0 Å². The molecule has 0 spiro atoms. The van der Waals surface area contributed by atoms with Crippen LogP contribution in [0.15, 0.2) is 48.5 Å². The molecule has 0 heterocycles. The van der Waals surface area contributed by atoms with Gasteiger partial charge in [-0.1, -0.05) is 30.3 Å². The van der Waals surface area contributed by atoms with Crippen LogP contribution in [0.2, 0.25) is 0 Å². The molecule has 1 aliphatic rings. The lowest BCUT2D eigenvalue weighted by molar-refractivity contribution is -0.122. The van der Waals surface area contributed by atoms with E-state index < -0.39 is 0 Å². The van der Waals surface area contributed by atoms with E-state index in [0.29, 0.717) is 31.2 Å². The van der Waals surface area contributed by atoms with E-state index in [2.05, 4.69) is 10.2 Å². The summed E-state index contributed by atoms with van der Waals surface area (Å²) < 4.78 is 13.9. The number of hydrogen-bond donors (Lipinski definition) is 1.